The van der Waals surface area contributed by atoms with Crippen LogP contribution in [0.3, 0.4) is 0 Å². The smallest absolute Gasteiger partial charge is 0.295 e. The lowest BCUT2D eigenvalue weighted by Gasteiger charge is -2.26. The van der Waals surface area contributed by atoms with Gasteiger partial charge in [0.15, 0.2) is 0 Å². The number of aliphatic hydroxyl groups is 1. The van der Waals surface area contributed by atoms with Gasteiger partial charge in [0.1, 0.15) is 17.3 Å². The number of nitrogens with zero attached hydrogens (tertiary/aromatic N) is 2. The normalized spacial score (nSPS) is 17.2. The molecule has 1 fully saturated rings. The second kappa shape index (κ2) is 13.3. The number of hydrogen-bond donors (Lipinski definition) is 1. The van der Waals surface area contributed by atoms with Crippen LogP contribution in [0.4, 0.5) is 0 Å². The van der Waals surface area contributed by atoms with E-state index in [0.29, 0.717) is 43.5 Å². The van der Waals surface area contributed by atoms with E-state index in [9.17, 15) is 14.7 Å². The summed E-state index contributed by atoms with van der Waals surface area (Å²) in [6.07, 6.45) is 3.23. The highest BCUT2D eigenvalue weighted by atomic mass is 16.5. The van der Waals surface area contributed by atoms with Gasteiger partial charge in [-0.3, -0.25) is 9.59 Å². The lowest BCUT2D eigenvalue weighted by Crippen LogP contribution is -2.35. The second-order valence-corrected chi connectivity index (χ2v) is 10.1. The molecule has 1 N–H and O–H groups in total. The van der Waals surface area contributed by atoms with Crippen LogP contribution in [0.1, 0.15) is 57.2 Å². The van der Waals surface area contributed by atoms with Crippen LogP contribution >= 0.6 is 0 Å². The summed E-state index contributed by atoms with van der Waals surface area (Å²) in [5.41, 5.74) is 1.30. The van der Waals surface area contributed by atoms with E-state index in [4.69, 9.17) is 9.47 Å². The molecule has 7 heteroatoms. The molecular weight excluding hydrogens is 468 g/mol. The number of ketones is 1. The van der Waals surface area contributed by atoms with Gasteiger partial charge in [-0.1, -0.05) is 45.7 Å². The standard InChI is InChI=1S/C30H40N2O5/c1-6-7-8-19-36-24-13-9-22(10-14-24)27-26(29(34)30(35)32(27)18-17-31(4)5)28(33)23-11-15-25(16-12-23)37-20-21(2)3/h9-16,21,27,33H,6-8,17-20H2,1-5H3/b28-26+. The molecule has 0 radical (unpaired) electrons. The summed E-state index contributed by atoms with van der Waals surface area (Å²) in [5, 5.41) is 11.3. The fraction of sp³-hybridized carbons (Fsp3) is 0.467. The summed E-state index contributed by atoms with van der Waals surface area (Å²) in [7, 11) is 3.83. The van der Waals surface area contributed by atoms with Crippen molar-refractivity contribution in [1.29, 1.82) is 0 Å². The molecule has 0 aromatic heterocycles. The summed E-state index contributed by atoms with van der Waals surface area (Å²) < 4.78 is 11.6. The molecule has 1 saturated heterocycles. The van der Waals surface area contributed by atoms with Crippen LogP contribution in [-0.4, -0.2) is 67.0 Å². The minimum Gasteiger partial charge on any atom is -0.507 e. The number of amides is 1. The topological polar surface area (TPSA) is 79.3 Å². The fourth-order valence-corrected chi connectivity index (χ4v) is 4.18. The number of likely N-dealkylation sites (N-methyl/N-ethyl adjacent to an activating group) is 1. The maximum atomic E-state index is 13.2. The van der Waals surface area contributed by atoms with Gasteiger partial charge in [-0.2, -0.15) is 0 Å². The van der Waals surface area contributed by atoms with Crippen molar-refractivity contribution < 1.29 is 24.2 Å². The van der Waals surface area contributed by atoms with Gasteiger partial charge in [0.2, 0.25) is 0 Å². The maximum Gasteiger partial charge on any atom is 0.295 e. The van der Waals surface area contributed by atoms with Crippen LogP contribution in [-0.2, 0) is 9.59 Å². The number of Topliss-reactive ketones (excluding diaryl/α,β-unsaturated/α-hetero) is 1. The molecule has 37 heavy (non-hydrogen) atoms. The van der Waals surface area contributed by atoms with Gasteiger partial charge in [-0.05, 0) is 68.4 Å². The van der Waals surface area contributed by atoms with Crippen LogP contribution in [0.5, 0.6) is 11.5 Å². The van der Waals surface area contributed by atoms with E-state index in [-0.39, 0.29) is 11.3 Å². The van der Waals surface area contributed by atoms with E-state index in [0.717, 1.165) is 30.6 Å². The Hall–Kier alpha value is -3.32. The molecule has 1 amide bonds. The maximum absolute atomic E-state index is 13.2. The molecule has 0 bridgehead atoms. The van der Waals surface area contributed by atoms with Gasteiger partial charge < -0.3 is 24.4 Å². The first-order valence-corrected chi connectivity index (χ1v) is 13.1. The minimum absolute atomic E-state index is 0.0937. The molecule has 1 aliphatic heterocycles. The third-order valence-corrected chi connectivity index (χ3v) is 6.25. The monoisotopic (exact) mass is 508 g/mol. The van der Waals surface area contributed by atoms with Gasteiger partial charge in [0, 0.05) is 18.7 Å². The van der Waals surface area contributed by atoms with Gasteiger partial charge >= 0.3 is 0 Å². The largest absolute Gasteiger partial charge is 0.507 e. The zero-order chi connectivity index (χ0) is 26.9. The Morgan fingerprint density at radius 2 is 1.59 bits per heavy atom. The number of benzene rings is 2. The first-order valence-electron chi connectivity index (χ1n) is 13.1. The number of unbranched alkanes of at least 4 members (excludes halogenated alkanes) is 2. The molecule has 0 aliphatic carbocycles. The minimum atomic E-state index is -0.689. The number of rotatable bonds is 13. The highest BCUT2D eigenvalue weighted by Crippen LogP contribution is 2.39. The quantitative estimate of drug-likeness (QED) is 0.172. The zero-order valence-electron chi connectivity index (χ0n) is 22.7. The average Bonchev–Trinajstić information content (AvgIpc) is 3.14. The molecular formula is C30H40N2O5. The second-order valence-electron chi connectivity index (χ2n) is 10.1. The van der Waals surface area contributed by atoms with Crippen LogP contribution in [0.25, 0.3) is 5.76 Å². The van der Waals surface area contributed by atoms with Crippen molar-refractivity contribution in [3.63, 3.8) is 0 Å². The van der Waals surface area contributed by atoms with E-state index in [1.807, 2.05) is 43.3 Å². The van der Waals surface area contributed by atoms with Crippen LogP contribution in [0.2, 0.25) is 0 Å². The van der Waals surface area contributed by atoms with E-state index in [2.05, 4.69) is 20.8 Å². The first-order chi connectivity index (χ1) is 17.7. The molecule has 1 heterocycles. The highest BCUT2D eigenvalue weighted by molar-refractivity contribution is 6.46. The van der Waals surface area contributed by atoms with Gasteiger partial charge in [-0.25, -0.2) is 0 Å². The highest BCUT2D eigenvalue weighted by Gasteiger charge is 2.45. The Morgan fingerprint density at radius 1 is 0.973 bits per heavy atom. The van der Waals surface area contributed by atoms with Crippen molar-refractivity contribution in [2.45, 2.75) is 46.1 Å². The van der Waals surface area contributed by atoms with E-state index in [1.165, 1.54) is 0 Å². The average molecular weight is 509 g/mol. The molecule has 2 aromatic carbocycles. The molecule has 3 rings (SSSR count). The van der Waals surface area contributed by atoms with Gasteiger partial charge in [-0.15, -0.1) is 0 Å². The summed E-state index contributed by atoms with van der Waals surface area (Å²) in [6, 6.07) is 13.7. The number of hydrogen-bond acceptors (Lipinski definition) is 6. The Morgan fingerprint density at radius 3 is 2.19 bits per heavy atom. The lowest BCUT2D eigenvalue weighted by atomic mass is 9.95. The molecule has 1 unspecified atom stereocenters. The van der Waals surface area contributed by atoms with E-state index >= 15 is 0 Å². The third kappa shape index (κ3) is 7.35. The van der Waals surface area contributed by atoms with E-state index < -0.39 is 17.7 Å². The van der Waals surface area contributed by atoms with Crippen molar-refractivity contribution in [1.82, 2.24) is 9.80 Å². The Labute approximate surface area is 220 Å². The van der Waals surface area contributed by atoms with Crippen molar-refractivity contribution in [2.75, 3.05) is 40.4 Å². The van der Waals surface area contributed by atoms with E-state index in [1.54, 1.807) is 29.2 Å². The van der Waals surface area contributed by atoms with Gasteiger partial charge in [0.25, 0.3) is 11.7 Å². The number of aliphatic hydroxyl groups excluding tert-OH is 1. The summed E-state index contributed by atoms with van der Waals surface area (Å²) in [6.45, 7) is 8.46. The SMILES string of the molecule is CCCCCOc1ccc(C2/C(=C(\O)c3ccc(OCC(C)C)cc3)C(=O)C(=O)N2CCN(C)C)cc1. The van der Waals surface area contributed by atoms with Gasteiger partial charge in [0.05, 0.1) is 24.8 Å². The summed E-state index contributed by atoms with van der Waals surface area (Å²) in [4.78, 5) is 29.8. The Balaban J connectivity index is 1.94. The molecule has 0 saturated carbocycles. The molecule has 200 valence electrons. The Kier molecular flexibility index (Phi) is 10.1. The first kappa shape index (κ1) is 28.3. The predicted octanol–water partition coefficient (Wildman–Crippen LogP) is 5.27. The fourth-order valence-electron chi connectivity index (χ4n) is 4.18. The van der Waals surface area contributed by atoms with Crippen LogP contribution < -0.4 is 9.47 Å². The Bertz CT molecular complexity index is 1070. The summed E-state index contributed by atoms with van der Waals surface area (Å²) in [5.74, 6) is 0.335. The molecule has 7 nitrogen and oxygen atoms in total. The molecule has 1 atom stereocenters. The zero-order valence-corrected chi connectivity index (χ0v) is 22.7. The third-order valence-electron chi connectivity index (χ3n) is 6.25. The molecule has 2 aromatic rings. The van der Waals surface area contributed by atoms with Crippen molar-refractivity contribution in [3.05, 3.63) is 65.2 Å². The number of carbonyl (C=O) groups excluding carboxylic acids is 2. The van der Waals surface area contributed by atoms with Crippen LogP contribution in [0.15, 0.2) is 54.1 Å². The molecule has 1 aliphatic rings. The molecule has 0 spiro atoms. The summed E-state index contributed by atoms with van der Waals surface area (Å²) >= 11 is 0. The predicted molar refractivity (Wildman–Crippen MR) is 146 cm³/mol. The van der Waals surface area contributed by atoms with Crippen molar-refractivity contribution >= 4 is 17.4 Å². The lowest BCUT2D eigenvalue weighted by molar-refractivity contribution is -0.140. The number of ether oxygens (including phenoxy) is 2. The number of carbonyl (C=O) groups is 2. The van der Waals surface area contributed by atoms with Crippen molar-refractivity contribution in [2.24, 2.45) is 5.92 Å². The van der Waals surface area contributed by atoms with Crippen LogP contribution in [0, 0.1) is 5.92 Å². The number of likely N-dealkylation sites (tertiary alicyclic amines) is 1. The van der Waals surface area contributed by atoms with Crippen molar-refractivity contribution in [3.8, 4) is 11.5 Å².